The molecule has 9 nitrogen and oxygen atoms in total. The number of non-ortho nitro benzene ring substituents is 1. The first kappa shape index (κ1) is 19.6. The molecule has 1 fully saturated rings. The third kappa shape index (κ3) is 5.69. The number of aliphatic carboxylic acids is 1. The van der Waals surface area contributed by atoms with E-state index >= 15 is 0 Å². The number of hydrogen-bond acceptors (Lipinski definition) is 6. The van der Waals surface area contributed by atoms with Crippen LogP contribution in [0.25, 0.3) is 0 Å². The summed E-state index contributed by atoms with van der Waals surface area (Å²) in [7, 11) is 1.79. The number of hydrogen-bond donors (Lipinski definition) is 1. The molecule has 1 unspecified atom stereocenters. The first-order valence-electron chi connectivity index (χ1n) is 8.44. The van der Waals surface area contributed by atoms with Gasteiger partial charge in [-0.2, -0.15) is 0 Å². The minimum Gasteiger partial charge on any atom is -0.484 e. The van der Waals surface area contributed by atoms with E-state index in [1.54, 1.807) is 11.9 Å². The van der Waals surface area contributed by atoms with Crippen LogP contribution in [0.4, 0.5) is 5.69 Å². The van der Waals surface area contributed by atoms with E-state index in [-0.39, 0.29) is 30.8 Å². The second-order valence-corrected chi connectivity index (χ2v) is 6.31. The lowest BCUT2D eigenvalue weighted by Crippen LogP contribution is -2.38. The van der Waals surface area contributed by atoms with E-state index in [4.69, 9.17) is 9.84 Å². The molecule has 1 saturated heterocycles. The van der Waals surface area contributed by atoms with Gasteiger partial charge in [-0.1, -0.05) is 0 Å². The average Bonchev–Trinajstić information content (AvgIpc) is 2.85. The molecule has 1 atom stereocenters. The van der Waals surface area contributed by atoms with Gasteiger partial charge in [0.15, 0.2) is 6.61 Å². The first-order chi connectivity index (χ1) is 12.4. The number of likely N-dealkylation sites (N-methyl/N-ethyl adjacent to an activating group) is 1. The minimum atomic E-state index is -0.860. The minimum absolute atomic E-state index is 0.0120. The van der Waals surface area contributed by atoms with E-state index < -0.39 is 10.9 Å². The highest BCUT2D eigenvalue weighted by molar-refractivity contribution is 5.77. The van der Waals surface area contributed by atoms with Crippen LogP contribution in [0.3, 0.4) is 0 Å². The molecule has 1 aromatic carbocycles. The lowest BCUT2D eigenvalue weighted by molar-refractivity contribution is -0.384. The van der Waals surface area contributed by atoms with Crippen LogP contribution in [0.15, 0.2) is 24.3 Å². The zero-order valence-corrected chi connectivity index (χ0v) is 14.7. The Balaban J connectivity index is 1.82. The van der Waals surface area contributed by atoms with Gasteiger partial charge in [0.2, 0.25) is 0 Å². The van der Waals surface area contributed by atoms with Crippen LogP contribution >= 0.6 is 0 Å². The van der Waals surface area contributed by atoms with Crippen molar-refractivity contribution in [2.45, 2.75) is 25.3 Å². The molecule has 2 rings (SSSR count). The van der Waals surface area contributed by atoms with Crippen molar-refractivity contribution in [2.24, 2.45) is 0 Å². The molecule has 0 radical (unpaired) electrons. The molecule has 26 heavy (non-hydrogen) atoms. The number of carbonyl (C=O) groups is 2. The predicted octanol–water partition coefficient (Wildman–Crippen LogP) is 1.37. The molecule has 1 aliphatic rings. The Morgan fingerprint density at radius 3 is 2.62 bits per heavy atom. The van der Waals surface area contributed by atoms with Gasteiger partial charge in [0.1, 0.15) is 5.75 Å². The molecule has 1 aliphatic heterocycles. The lowest BCUT2D eigenvalue weighted by atomic mass is 10.1. The zero-order valence-electron chi connectivity index (χ0n) is 14.7. The number of carboxylic acid groups (broad SMARTS) is 1. The summed E-state index contributed by atoms with van der Waals surface area (Å²) in [5, 5.41) is 19.5. The second-order valence-electron chi connectivity index (χ2n) is 6.31. The zero-order chi connectivity index (χ0) is 19.1. The van der Waals surface area contributed by atoms with E-state index in [1.807, 2.05) is 4.90 Å². The number of likely N-dealkylation sites (tertiary alicyclic amines) is 1. The summed E-state index contributed by atoms with van der Waals surface area (Å²) in [5.74, 6) is -0.607. The lowest BCUT2D eigenvalue weighted by Gasteiger charge is -2.25. The fraction of sp³-hybridized carbons (Fsp3) is 0.529. The highest BCUT2D eigenvalue weighted by atomic mass is 16.6. The van der Waals surface area contributed by atoms with Gasteiger partial charge in [0.05, 0.1) is 11.5 Å². The van der Waals surface area contributed by atoms with Crippen molar-refractivity contribution in [3.63, 3.8) is 0 Å². The van der Waals surface area contributed by atoms with Crippen LogP contribution in [0, 0.1) is 10.1 Å². The van der Waals surface area contributed by atoms with E-state index in [0.29, 0.717) is 25.3 Å². The third-order valence-electron chi connectivity index (χ3n) is 4.47. The van der Waals surface area contributed by atoms with Crippen molar-refractivity contribution < 1.29 is 24.4 Å². The van der Waals surface area contributed by atoms with E-state index in [2.05, 4.69) is 0 Å². The smallest absolute Gasteiger partial charge is 0.317 e. The normalized spacial score (nSPS) is 17.6. The average molecular weight is 365 g/mol. The summed E-state index contributed by atoms with van der Waals surface area (Å²) in [6.45, 7) is 1.02. The number of carbonyl (C=O) groups excluding carboxylic acids is 1. The van der Waals surface area contributed by atoms with Crippen LogP contribution < -0.4 is 4.74 Å². The van der Waals surface area contributed by atoms with Gasteiger partial charge >= 0.3 is 5.97 Å². The number of carboxylic acids is 1. The number of nitro benzene ring substituents is 1. The van der Waals surface area contributed by atoms with Crippen LogP contribution in [-0.2, 0) is 9.59 Å². The number of benzene rings is 1. The first-order valence-corrected chi connectivity index (χ1v) is 8.44. The summed E-state index contributed by atoms with van der Waals surface area (Å²) >= 11 is 0. The monoisotopic (exact) mass is 365 g/mol. The fourth-order valence-electron chi connectivity index (χ4n) is 3.01. The van der Waals surface area contributed by atoms with Crippen molar-refractivity contribution in [1.82, 2.24) is 9.80 Å². The van der Waals surface area contributed by atoms with Crippen LogP contribution in [0.5, 0.6) is 5.75 Å². The molecule has 0 saturated carbocycles. The fourth-order valence-corrected chi connectivity index (χ4v) is 3.01. The topological polar surface area (TPSA) is 113 Å². The Labute approximate surface area is 151 Å². The number of nitrogens with zero attached hydrogens (tertiary/aromatic N) is 3. The maximum atomic E-state index is 12.3. The number of ether oxygens (including phenoxy) is 1. The van der Waals surface area contributed by atoms with E-state index in [1.165, 1.54) is 24.3 Å². The van der Waals surface area contributed by atoms with Crippen LogP contribution in [-0.4, -0.2) is 71.0 Å². The number of nitro groups is 1. The number of rotatable bonds is 7. The third-order valence-corrected chi connectivity index (χ3v) is 4.47. The summed E-state index contributed by atoms with van der Waals surface area (Å²) in [6.07, 6.45) is 2.36. The van der Waals surface area contributed by atoms with Gasteiger partial charge in [-0.05, 0) is 38.4 Å². The maximum absolute atomic E-state index is 12.3. The largest absolute Gasteiger partial charge is 0.484 e. The molecule has 0 aromatic heterocycles. The van der Waals surface area contributed by atoms with Gasteiger partial charge in [-0.15, -0.1) is 0 Å². The Morgan fingerprint density at radius 2 is 2.00 bits per heavy atom. The Bertz CT molecular complexity index is 648. The van der Waals surface area contributed by atoms with Gasteiger partial charge < -0.3 is 14.7 Å². The summed E-state index contributed by atoms with van der Waals surface area (Å²) < 4.78 is 5.42. The molecule has 9 heteroatoms. The Morgan fingerprint density at radius 1 is 1.31 bits per heavy atom. The summed E-state index contributed by atoms with van der Waals surface area (Å²) in [5.41, 5.74) is -0.0345. The SMILES string of the molecule is CN(CC(=O)O)C1CCCN(C(=O)COc2ccc([N+](=O)[O-])cc2)CC1. The van der Waals surface area contributed by atoms with Gasteiger partial charge in [0, 0.05) is 31.3 Å². The molecule has 1 amide bonds. The molecule has 1 N–H and O–H groups in total. The van der Waals surface area contributed by atoms with Gasteiger partial charge in [-0.25, -0.2) is 0 Å². The molecule has 1 heterocycles. The Kier molecular flexibility index (Phi) is 6.90. The van der Waals surface area contributed by atoms with Crippen molar-refractivity contribution >= 4 is 17.6 Å². The van der Waals surface area contributed by atoms with Gasteiger partial charge in [0.25, 0.3) is 11.6 Å². The summed E-state index contributed by atoms with van der Waals surface area (Å²) in [6, 6.07) is 5.72. The Hall–Kier alpha value is -2.68. The van der Waals surface area contributed by atoms with Crippen LogP contribution in [0.2, 0.25) is 0 Å². The standard InChI is InChI=1S/C17H23N3O6/c1-18(11-17(22)23)13-3-2-9-19(10-8-13)16(21)12-26-15-6-4-14(5-7-15)20(24)25/h4-7,13H,2-3,8-12H2,1H3,(H,22,23). The molecule has 0 aliphatic carbocycles. The van der Waals surface area contributed by atoms with E-state index in [0.717, 1.165) is 12.8 Å². The van der Waals surface area contributed by atoms with Crippen LogP contribution in [0.1, 0.15) is 19.3 Å². The predicted molar refractivity (Wildman–Crippen MR) is 93.1 cm³/mol. The highest BCUT2D eigenvalue weighted by Crippen LogP contribution is 2.18. The molecule has 0 spiro atoms. The molecular formula is C17H23N3O6. The maximum Gasteiger partial charge on any atom is 0.317 e. The molecule has 0 bridgehead atoms. The van der Waals surface area contributed by atoms with E-state index in [9.17, 15) is 19.7 Å². The molecule has 1 aromatic rings. The van der Waals surface area contributed by atoms with Gasteiger partial charge in [-0.3, -0.25) is 24.6 Å². The summed E-state index contributed by atoms with van der Waals surface area (Å²) in [4.78, 5) is 36.8. The van der Waals surface area contributed by atoms with Crippen molar-refractivity contribution in [2.75, 3.05) is 33.3 Å². The van der Waals surface area contributed by atoms with Crippen molar-refractivity contribution in [3.8, 4) is 5.75 Å². The molecular weight excluding hydrogens is 342 g/mol. The highest BCUT2D eigenvalue weighted by Gasteiger charge is 2.24. The quantitative estimate of drug-likeness (QED) is 0.573. The van der Waals surface area contributed by atoms with Crippen molar-refractivity contribution in [3.05, 3.63) is 34.4 Å². The number of amides is 1. The molecule has 142 valence electrons. The van der Waals surface area contributed by atoms with Crippen molar-refractivity contribution in [1.29, 1.82) is 0 Å². The second kappa shape index (κ2) is 9.14.